The van der Waals surface area contributed by atoms with Crippen LogP contribution in [0.3, 0.4) is 0 Å². The normalized spacial score (nSPS) is 16.3. The lowest BCUT2D eigenvalue weighted by Crippen LogP contribution is -2.32. The highest BCUT2D eigenvalue weighted by molar-refractivity contribution is 5.96. The van der Waals surface area contributed by atoms with E-state index < -0.39 is 29.3 Å². The molecule has 0 unspecified atom stereocenters. The first-order chi connectivity index (χ1) is 12.9. The molecule has 0 saturated heterocycles. The lowest BCUT2D eigenvalue weighted by molar-refractivity contribution is -0.116. The Morgan fingerprint density at radius 3 is 2.70 bits per heavy atom. The van der Waals surface area contributed by atoms with Crippen molar-refractivity contribution >= 4 is 17.3 Å². The Balaban J connectivity index is 1.78. The molecule has 1 heterocycles. The maximum atomic E-state index is 13.7. The third kappa shape index (κ3) is 4.13. The van der Waals surface area contributed by atoms with Crippen LogP contribution >= 0.6 is 0 Å². The van der Waals surface area contributed by atoms with E-state index in [0.29, 0.717) is 18.0 Å². The highest BCUT2D eigenvalue weighted by Crippen LogP contribution is 2.38. The summed E-state index contributed by atoms with van der Waals surface area (Å²) in [5.41, 5.74) is 1.16. The van der Waals surface area contributed by atoms with Crippen molar-refractivity contribution in [2.45, 2.75) is 39.3 Å². The van der Waals surface area contributed by atoms with Gasteiger partial charge in [0, 0.05) is 18.1 Å². The van der Waals surface area contributed by atoms with Crippen molar-refractivity contribution in [3.05, 3.63) is 47.5 Å². The number of halogens is 2. The number of benzene rings is 2. The molecule has 2 aromatic carbocycles. The summed E-state index contributed by atoms with van der Waals surface area (Å²) >= 11 is 0. The average Bonchev–Trinajstić information content (AvgIpc) is 2.97. The van der Waals surface area contributed by atoms with Crippen molar-refractivity contribution in [2.75, 3.05) is 17.2 Å². The van der Waals surface area contributed by atoms with Gasteiger partial charge in [0.1, 0.15) is 41.0 Å². The lowest BCUT2D eigenvalue weighted by Gasteiger charge is -2.19. The van der Waals surface area contributed by atoms with Crippen molar-refractivity contribution in [1.82, 2.24) is 0 Å². The van der Waals surface area contributed by atoms with Crippen molar-refractivity contribution in [1.29, 1.82) is 0 Å². The van der Waals surface area contributed by atoms with Gasteiger partial charge in [-0.2, -0.15) is 0 Å². The predicted molar refractivity (Wildman–Crippen MR) is 99.5 cm³/mol. The zero-order valence-electron chi connectivity index (χ0n) is 15.4. The van der Waals surface area contributed by atoms with Crippen LogP contribution in [0.1, 0.15) is 26.3 Å². The number of carbonyl (C=O) groups excluding carboxylic acids is 1. The number of amides is 1. The molecule has 0 bridgehead atoms. The fourth-order valence-corrected chi connectivity index (χ4v) is 2.97. The summed E-state index contributed by atoms with van der Waals surface area (Å²) in [7, 11) is 0. The Bertz CT molecular complexity index is 837. The molecular formula is C20H22F2N2O3. The Morgan fingerprint density at radius 1 is 1.33 bits per heavy atom. The van der Waals surface area contributed by atoms with Crippen LogP contribution in [0, 0.1) is 11.6 Å². The molecule has 0 saturated carbocycles. The molecule has 2 atom stereocenters. The Labute approximate surface area is 156 Å². The second-order valence-corrected chi connectivity index (χ2v) is 6.47. The first-order valence-electron chi connectivity index (χ1n) is 8.86. The van der Waals surface area contributed by atoms with E-state index in [0.717, 1.165) is 29.9 Å². The second kappa shape index (κ2) is 7.82. The maximum absolute atomic E-state index is 13.7. The molecule has 3 rings (SSSR count). The molecule has 2 aromatic rings. The summed E-state index contributed by atoms with van der Waals surface area (Å²) in [6, 6.07) is 6.33. The summed E-state index contributed by atoms with van der Waals surface area (Å²) in [4.78, 5) is 12.4. The van der Waals surface area contributed by atoms with Crippen LogP contribution in [0.2, 0.25) is 0 Å². The number of rotatable bonds is 6. The molecule has 0 aromatic heterocycles. The summed E-state index contributed by atoms with van der Waals surface area (Å²) in [5, 5.41) is 5.32. The number of ether oxygens (including phenoxy) is 2. The number of hydrogen-bond acceptors (Lipinski definition) is 4. The summed E-state index contributed by atoms with van der Waals surface area (Å²) in [6.07, 6.45) is 0.868. The minimum atomic E-state index is -0.828. The van der Waals surface area contributed by atoms with Crippen molar-refractivity contribution in [2.24, 2.45) is 0 Å². The third-order valence-corrected chi connectivity index (χ3v) is 4.27. The number of anilines is 2. The van der Waals surface area contributed by atoms with Gasteiger partial charge in [-0.1, -0.05) is 6.07 Å². The summed E-state index contributed by atoms with van der Waals surface area (Å²) in [6.45, 7) is 5.91. The van der Waals surface area contributed by atoms with E-state index in [1.54, 1.807) is 13.0 Å². The number of fused-ring (bicyclic) bond motifs is 1. The van der Waals surface area contributed by atoms with E-state index in [1.165, 1.54) is 6.07 Å². The van der Waals surface area contributed by atoms with Crippen LogP contribution in [0.4, 0.5) is 20.2 Å². The molecule has 0 aliphatic carbocycles. The fraction of sp³-hybridized carbons (Fsp3) is 0.350. The SMILES string of the molecule is CCOc1cc2c(cc1N[C@@H](C)C(=O)Nc1c(F)cccc1F)O[C@@H](C)C2. The fourth-order valence-electron chi connectivity index (χ4n) is 2.97. The van der Waals surface area contributed by atoms with Crippen LogP contribution in [-0.2, 0) is 11.2 Å². The molecule has 2 N–H and O–H groups in total. The summed E-state index contributed by atoms with van der Waals surface area (Å²) in [5.74, 6) is -0.890. The first-order valence-corrected chi connectivity index (χ1v) is 8.86. The van der Waals surface area contributed by atoms with E-state index in [2.05, 4.69) is 10.6 Å². The quantitative estimate of drug-likeness (QED) is 0.796. The van der Waals surface area contributed by atoms with Crippen LogP contribution < -0.4 is 20.1 Å². The lowest BCUT2D eigenvalue weighted by atomic mass is 10.1. The molecular weight excluding hydrogens is 354 g/mol. The van der Waals surface area contributed by atoms with Gasteiger partial charge in [-0.3, -0.25) is 4.79 Å². The minimum Gasteiger partial charge on any atom is -0.492 e. The minimum absolute atomic E-state index is 0.0782. The van der Waals surface area contributed by atoms with Crippen molar-refractivity contribution < 1.29 is 23.0 Å². The molecule has 27 heavy (non-hydrogen) atoms. The Kier molecular flexibility index (Phi) is 5.48. The molecule has 1 aliphatic rings. The van der Waals surface area contributed by atoms with E-state index in [9.17, 15) is 13.6 Å². The molecule has 144 valence electrons. The van der Waals surface area contributed by atoms with E-state index in [-0.39, 0.29) is 6.10 Å². The monoisotopic (exact) mass is 376 g/mol. The van der Waals surface area contributed by atoms with Gasteiger partial charge in [0.25, 0.3) is 0 Å². The molecule has 1 amide bonds. The number of hydrogen-bond donors (Lipinski definition) is 2. The van der Waals surface area contributed by atoms with Crippen LogP contribution in [0.15, 0.2) is 30.3 Å². The van der Waals surface area contributed by atoms with Crippen LogP contribution in [0.5, 0.6) is 11.5 Å². The second-order valence-electron chi connectivity index (χ2n) is 6.47. The summed E-state index contributed by atoms with van der Waals surface area (Å²) < 4.78 is 38.9. The molecule has 0 spiro atoms. The zero-order chi connectivity index (χ0) is 19.6. The van der Waals surface area contributed by atoms with Gasteiger partial charge in [-0.25, -0.2) is 8.78 Å². The molecule has 1 aliphatic heterocycles. The standard InChI is InChI=1S/C20H22F2N2O3/c1-4-26-18-9-13-8-11(2)27-17(13)10-16(18)23-12(3)20(25)24-19-14(21)6-5-7-15(19)22/h5-7,9-12,23H,4,8H2,1-3H3,(H,24,25)/t11-,12-/m0/s1. The predicted octanol–water partition coefficient (Wildman–Crippen LogP) is 4.13. The Hall–Kier alpha value is -2.83. The largest absolute Gasteiger partial charge is 0.492 e. The molecule has 0 fully saturated rings. The van der Waals surface area contributed by atoms with Crippen LogP contribution in [0.25, 0.3) is 0 Å². The zero-order valence-corrected chi connectivity index (χ0v) is 15.4. The molecule has 0 radical (unpaired) electrons. The van der Waals surface area contributed by atoms with E-state index >= 15 is 0 Å². The van der Waals surface area contributed by atoms with Crippen molar-refractivity contribution in [3.8, 4) is 11.5 Å². The molecule has 7 heteroatoms. The van der Waals surface area contributed by atoms with E-state index in [4.69, 9.17) is 9.47 Å². The van der Waals surface area contributed by atoms with Gasteiger partial charge in [0.05, 0.1) is 12.3 Å². The smallest absolute Gasteiger partial charge is 0.246 e. The van der Waals surface area contributed by atoms with Gasteiger partial charge in [0.2, 0.25) is 5.91 Å². The van der Waals surface area contributed by atoms with E-state index in [1.807, 2.05) is 19.9 Å². The van der Waals surface area contributed by atoms with Gasteiger partial charge < -0.3 is 20.1 Å². The van der Waals surface area contributed by atoms with Gasteiger partial charge in [-0.15, -0.1) is 0 Å². The molecule has 5 nitrogen and oxygen atoms in total. The average molecular weight is 376 g/mol. The highest BCUT2D eigenvalue weighted by atomic mass is 19.1. The van der Waals surface area contributed by atoms with Crippen LogP contribution in [-0.4, -0.2) is 24.7 Å². The third-order valence-electron chi connectivity index (χ3n) is 4.27. The van der Waals surface area contributed by atoms with Gasteiger partial charge in [0.15, 0.2) is 0 Å². The maximum Gasteiger partial charge on any atom is 0.246 e. The topological polar surface area (TPSA) is 59.6 Å². The van der Waals surface area contributed by atoms with Gasteiger partial charge >= 0.3 is 0 Å². The first kappa shape index (κ1) is 18.9. The number of para-hydroxylation sites is 1. The van der Waals surface area contributed by atoms with Gasteiger partial charge in [-0.05, 0) is 39.0 Å². The highest BCUT2D eigenvalue weighted by Gasteiger charge is 2.24. The van der Waals surface area contributed by atoms with Crippen molar-refractivity contribution in [3.63, 3.8) is 0 Å². The number of nitrogens with one attached hydrogen (secondary N) is 2. The number of carbonyl (C=O) groups is 1. The Morgan fingerprint density at radius 2 is 2.04 bits per heavy atom.